The van der Waals surface area contributed by atoms with E-state index in [1.807, 2.05) is 24.3 Å². The molecule has 1 aromatic heterocycles. The summed E-state index contributed by atoms with van der Waals surface area (Å²) in [5.74, 6) is -0.100. The van der Waals surface area contributed by atoms with Gasteiger partial charge in [0.05, 0.1) is 6.21 Å². The number of benzene rings is 1. The molecule has 0 atom stereocenters. The average Bonchev–Trinajstić information content (AvgIpc) is 2.59. The Morgan fingerprint density at radius 1 is 1.25 bits per heavy atom. The number of aromatic hydroxyl groups is 1. The number of rotatable bonds is 7. The zero-order chi connectivity index (χ0) is 17.4. The molecule has 0 bridgehead atoms. The highest BCUT2D eigenvalue weighted by atomic mass is 16.3. The van der Waals surface area contributed by atoms with Crippen LogP contribution in [0.3, 0.4) is 0 Å². The molecular formula is C18H23N4O2+. The first-order valence-electron chi connectivity index (χ1n) is 7.98. The minimum atomic E-state index is -0.235. The summed E-state index contributed by atoms with van der Waals surface area (Å²) in [7, 11) is 0. The molecule has 0 fully saturated rings. The molecule has 0 unspecified atom stereocenters. The van der Waals surface area contributed by atoms with Crippen LogP contribution in [-0.4, -0.2) is 30.3 Å². The predicted octanol–water partition coefficient (Wildman–Crippen LogP) is 1.68. The van der Waals surface area contributed by atoms with Crippen LogP contribution in [0.15, 0.2) is 53.9 Å². The van der Waals surface area contributed by atoms with Gasteiger partial charge in [0.25, 0.3) is 0 Å². The number of amides is 1. The fourth-order valence-corrected chi connectivity index (χ4v) is 2.34. The second kappa shape index (κ2) is 8.67. The van der Waals surface area contributed by atoms with E-state index in [-0.39, 0.29) is 18.2 Å². The Hall–Kier alpha value is -2.89. The van der Waals surface area contributed by atoms with Crippen molar-refractivity contribution < 1.29 is 14.5 Å². The Morgan fingerprint density at radius 2 is 1.96 bits per heavy atom. The number of hydrazone groups is 1. The van der Waals surface area contributed by atoms with Crippen LogP contribution in [0.5, 0.6) is 5.75 Å². The summed E-state index contributed by atoms with van der Waals surface area (Å²) in [6.07, 6.45) is 5.05. The molecule has 0 aliphatic rings. The van der Waals surface area contributed by atoms with Gasteiger partial charge in [-0.3, -0.25) is 4.79 Å². The van der Waals surface area contributed by atoms with Gasteiger partial charge in [0.1, 0.15) is 5.75 Å². The topological polar surface area (TPSA) is 68.8 Å². The molecule has 24 heavy (non-hydrogen) atoms. The summed E-state index contributed by atoms with van der Waals surface area (Å²) in [5, 5.41) is 14.0. The third kappa shape index (κ3) is 4.81. The van der Waals surface area contributed by atoms with E-state index in [0.29, 0.717) is 5.56 Å². The number of phenols is 1. The van der Waals surface area contributed by atoms with Crippen LogP contribution in [0, 0.1) is 0 Å². The minimum absolute atomic E-state index is 0.134. The van der Waals surface area contributed by atoms with Crippen LogP contribution in [0.4, 0.5) is 5.69 Å². The van der Waals surface area contributed by atoms with Crippen molar-refractivity contribution in [3.05, 3.63) is 54.4 Å². The van der Waals surface area contributed by atoms with Gasteiger partial charge in [-0.2, -0.15) is 9.67 Å². The monoisotopic (exact) mass is 327 g/mol. The smallest absolute Gasteiger partial charge is 0.305 e. The molecule has 1 aromatic carbocycles. The van der Waals surface area contributed by atoms with Gasteiger partial charge in [-0.1, -0.05) is 6.07 Å². The lowest BCUT2D eigenvalue weighted by Crippen LogP contribution is -2.40. The van der Waals surface area contributed by atoms with Gasteiger partial charge >= 0.3 is 5.91 Å². The van der Waals surface area contributed by atoms with Crippen molar-refractivity contribution in [3.63, 3.8) is 0 Å². The van der Waals surface area contributed by atoms with Crippen molar-refractivity contribution in [1.82, 2.24) is 5.43 Å². The van der Waals surface area contributed by atoms with Gasteiger partial charge in [-0.15, -0.1) is 0 Å². The molecular weight excluding hydrogens is 304 g/mol. The zero-order valence-corrected chi connectivity index (χ0v) is 14.0. The van der Waals surface area contributed by atoms with E-state index in [2.05, 4.69) is 29.3 Å². The quantitative estimate of drug-likeness (QED) is 0.462. The average molecular weight is 327 g/mol. The second-order valence-electron chi connectivity index (χ2n) is 5.26. The van der Waals surface area contributed by atoms with Crippen molar-refractivity contribution >= 4 is 17.8 Å². The first-order chi connectivity index (χ1) is 11.6. The van der Waals surface area contributed by atoms with E-state index < -0.39 is 0 Å². The maximum Gasteiger partial charge on any atom is 0.305 e. The van der Waals surface area contributed by atoms with Crippen LogP contribution in [-0.2, 0) is 11.3 Å². The lowest BCUT2D eigenvalue weighted by molar-refractivity contribution is -0.684. The standard InChI is InChI=1S/C18H22N4O2/c1-3-22(4-2)16-9-8-15(17(23)12-16)13-19-20-18(24)14-21-10-6-5-7-11-21/h5-13H,3-4,14H2,1-2H3,(H-,19,20,23,24)/p+1. The van der Waals surface area contributed by atoms with Crippen molar-refractivity contribution in [2.24, 2.45) is 5.10 Å². The number of carbonyl (C=O) groups is 1. The molecule has 2 N–H and O–H groups in total. The van der Waals surface area contributed by atoms with Crippen molar-refractivity contribution in [2.45, 2.75) is 20.4 Å². The Morgan fingerprint density at radius 3 is 2.58 bits per heavy atom. The maximum atomic E-state index is 11.8. The zero-order valence-electron chi connectivity index (χ0n) is 14.0. The van der Waals surface area contributed by atoms with Gasteiger partial charge in [0.2, 0.25) is 6.54 Å². The fourth-order valence-electron chi connectivity index (χ4n) is 2.34. The highest BCUT2D eigenvalue weighted by Gasteiger charge is 2.08. The first kappa shape index (κ1) is 17.5. The second-order valence-corrected chi connectivity index (χ2v) is 5.26. The number of nitrogens with zero attached hydrogens (tertiary/aromatic N) is 3. The third-order valence-corrected chi connectivity index (χ3v) is 3.64. The molecule has 0 aliphatic carbocycles. The van der Waals surface area contributed by atoms with E-state index in [4.69, 9.17) is 0 Å². The number of aromatic nitrogens is 1. The van der Waals surface area contributed by atoms with Gasteiger partial charge in [-0.25, -0.2) is 5.43 Å². The van der Waals surface area contributed by atoms with E-state index in [1.165, 1.54) is 6.21 Å². The summed E-state index contributed by atoms with van der Waals surface area (Å²) in [4.78, 5) is 13.9. The van der Waals surface area contributed by atoms with E-state index in [1.54, 1.807) is 29.1 Å². The van der Waals surface area contributed by atoms with Gasteiger partial charge in [-0.05, 0) is 26.0 Å². The molecule has 0 spiro atoms. The summed E-state index contributed by atoms with van der Waals surface area (Å²) < 4.78 is 1.75. The molecule has 2 aromatic rings. The van der Waals surface area contributed by atoms with Crippen LogP contribution in [0.1, 0.15) is 19.4 Å². The molecule has 0 aliphatic heterocycles. The fraction of sp³-hybridized carbons (Fsp3) is 0.278. The van der Waals surface area contributed by atoms with E-state index in [0.717, 1.165) is 18.8 Å². The van der Waals surface area contributed by atoms with Crippen LogP contribution in [0.25, 0.3) is 0 Å². The summed E-state index contributed by atoms with van der Waals surface area (Å²) in [6, 6.07) is 11.0. The molecule has 2 rings (SSSR count). The molecule has 1 amide bonds. The minimum Gasteiger partial charge on any atom is -0.507 e. The molecule has 6 nitrogen and oxygen atoms in total. The Labute approximate surface area is 142 Å². The molecule has 6 heteroatoms. The first-order valence-corrected chi connectivity index (χ1v) is 7.98. The molecule has 0 saturated carbocycles. The highest BCUT2D eigenvalue weighted by molar-refractivity contribution is 5.85. The van der Waals surface area contributed by atoms with Crippen molar-refractivity contribution in [1.29, 1.82) is 0 Å². The van der Waals surface area contributed by atoms with Gasteiger partial charge in [0.15, 0.2) is 12.4 Å². The summed E-state index contributed by atoms with van der Waals surface area (Å²) in [6.45, 7) is 6.06. The number of pyridine rings is 1. The molecule has 0 saturated heterocycles. The number of nitrogens with one attached hydrogen (secondary N) is 1. The van der Waals surface area contributed by atoms with Crippen molar-refractivity contribution in [3.8, 4) is 5.75 Å². The van der Waals surface area contributed by atoms with Gasteiger partial charge < -0.3 is 10.0 Å². The number of hydrogen-bond acceptors (Lipinski definition) is 4. The highest BCUT2D eigenvalue weighted by Crippen LogP contribution is 2.23. The SMILES string of the molecule is CCN(CC)c1ccc(/C=N/NC(=O)C[n+]2ccccc2)c(O)c1. The summed E-state index contributed by atoms with van der Waals surface area (Å²) >= 11 is 0. The predicted molar refractivity (Wildman–Crippen MR) is 94.0 cm³/mol. The van der Waals surface area contributed by atoms with Crippen molar-refractivity contribution in [2.75, 3.05) is 18.0 Å². The number of hydrogen-bond donors (Lipinski definition) is 2. The number of phenolic OH excluding ortho intramolecular Hbond substituents is 1. The maximum absolute atomic E-state index is 11.8. The normalized spacial score (nSPS) is 10.8. The lowest BCUT2D eigenvalue weighted by atomic mass is 10.2. The van der Waals surface area contributed by atoms with E-state index in [9.17, 15) is 9.90 Å². The molecule has 126 valence electrons. The van der Waals surface area contributed by atoms with Crippen LogP contribution in [0.2, 0.25) is 0 Å². The van der Waals surface area contributed by atoms with E-state index >= 15 is 0 Å². The molecule has 0 radical (unpaired) electrons. The molecule has 1 heterocycles. The lowest BCUT2D eigenvalue weighted by Gasteiger charge is -2.21. The van der Waals surface area contributed by atoms with Crippen LogP contribution >= 0.6 is 0 Å². The summed E-state index contributed by atoms with van der Waals surface area (Å²) in [5.41, 5.74) is 3.97. The number of carbonyl (C=O) groups excluding carboxylic acids is 1. The largest absolute Gasteiger partial charge is 0.507 e. The van der Waals surface area contributed by atoms with Gasteiger partial charge in [0, 0.05) is 42.5 Å². The van der Waals surface area contributed by atoms with Crippen LogP contribution < -0.4 is 14.9 Å². The third-order valence-electron chi connectivity index (χ3n) is 3.64. The Bertz CT molecular complexity index is 697. The Balaban J connectivity index is 1.95. The number of anilines is 1. The Kier molecular flexibility index (Phi) is 6.31.